The van der Waals surface area contributed by atoms with Crippen LogP contribution in [0, 0.1) is 0 Å². The van der Waals surface area contributed by atoms with Crippen LogP contribution in [0.25, 0.3) is 0 Å². The molecular formula is C17H25NO3. The first-order valence-corrected chi connectivity index (χ1v) is 7.79. The predicted molar refractivity (Wildman–Crippen MR) is 81.1 cm³/mol. The number of nitrogens with zero attached hydrogens (tertiary/aromatic N) is 1. The van der Waals surface area contributed by atoms with Crippen LogP contribution in [-0.2, 0) is 16.0 Å². The zero-order chi connectivity index (χ0) is 14.7. The molecule has 2 aliphatic heterocycles. The van der Waals surface area contributed by atoms with Crippen LogP contribution in [0.15, 0.2) is 30.3 Å². The summed E-state index contributed by atoms with van der Waals surface area (Å²) in [7, 11) is 1.69. The van der Waals surface area contributed by atoms with Gasteiger partial charge in [0.25, 0.3) is 0 Å². The molecule has 0 aliphatic carbocycles. The third-order valence-corrected chi connectivity index (χ3v) is 4.77. The monoisotopic (exact) mass is 291 g/mol. The van der Waals surface area contributed by atoms with Gasteiger partial charge in [-0.2, -0.15) is 0 Å². The molecule has 2 bridgehead atoms. The van der Waals surface area contributed by atoms with E-state index in [9.17, 15) is 5.11 Å². The Kier molecular flexibility index (Phi) is 4.60. The summed E-state index contributed by atoms with van der Waals surface area (Å²) in [5.41, 5.74) is 0.735. The number of ether oxygens (including phenoxy) is 2. The topological polar surface area (TPSA) is 41.9 Å². The molecule has 2 saturated heterocycles. The lowest BCUT2D eigenvalue weighted by molar-refractivity contribution is -0.151. The molecule has 0 spiro atoms. The van der Waals surface area contributed by atoms with Gasteiger partial charge < -0.3 is 14.6 Å². The number of aliphatic hydroxyl groups is 1. The Labute approximate surface area is 126 Å². The van der Waals surface area contributed by atoms with Gasteiger partial charge in [0.2, 0.25) is 0 Å². The molecule has 1 aromatic rings. The molecule has 2 atom stereocenters. The van der Waals surface area contributed by atoms with Crippen molar-refractivity contribution < 1.29 is 14.6 Å². The lowest BCUT2D eigenvalue weighted by atomic mass is 9.79. The van der Waals surface area contributed by atoms with Crippen molar-refractivity contribution in [2.45, 2.75) is 43.5 Å². The van der Waals surface area contributed by atoms with Crippen molar-refractivity contribution in [3.63, 3.8) is 0 Å². The lowest BCUT2D eigenvalue weighted by Gasteiger charge is -2.51. The zero-order valence-corrected chi connectivity index (χ0v) is 12.7. The maximum absolute atomic E-state index is 10.8. The number of benzene rings is 1. The molecule has 2 aliphatic rings. The van der Waals surface area contributed by atoms with Crippen LogP contribution in [0.5, 0.6) is 0 Å². The molecule has 1 N–H and O–H groups in total. The summed E-state index contributed by atoms with van der Waals surface area (Å²) in [6.45, 7) is 3.01. The summed E-state index contributed by atoms with van der Waals surface area (Å²) in [6.07, 6.45) is 2.27. The van der Waals surface area contributed by atoms with Crippen molar-refractivity contribution in [1.29, 1.82) is 0 Å². The first-order chi connectivity index (χ1) is 10.2. The fourth-order valence-corrected chi connectivity index (χ4v) is 3.69. The minimum atomic E-state index is -0.595. The van der Waals surface area contributed by atoms with E-state index >= 15 is 0 Å². The van der Waals surface area contributed by atoms with Gasteiger partial charge in [0.15, 0.2) is 0 Å². The van der Waals surface area contributed by atoms with Gasteiger partial charge in [-0.15, -0.1) is 0 Å². The molecule has 21 heavy (non-hydrogen) atoms. The highest BCUT2D eigenvalue weighted by Crippen LogP contribution is 2.37. The fourth-order valence-electron chi connectivity index (χ4n) is 3.69. The second-order valence-corrected chi connectivity index (χ2v) is 6.38. The predicted octanol–water partition coefficient (Wildman–Crippen LogP) is 1.82. The van der Waals surface area contributed by atoms with E-state index in [0.717, 1.165) is 39.0 Å². The first kappa shape index (κ1) is 15.0. The molecule has 1 aromatic carbocycles. The molecule has 2 fully saturated rings. The molecule has 116 valence electrons. The number of piperidine rings is 1. The Hall–Kier alpha value is -0.940. The van der Waals surface area contributed by atoms with Crippen molar-refractivity contribution in [2.24, 2.45) is 0 Å². The van der Waals surface area contributed by atoms with Gasteiger partial charge >= 0.3 is 0 Å². The van der Waals surface area contributed by atoms with Crippen molar-refractivity contribution in [1.82, 2.24) is 4.90 Å². The van der Waals surface area contributed by atoms with Crippen LogP contribution >= 0.6 is 0 Å². The van der Waals surface area contributed by atoms with Crippen LogP contribution in [0.2, 0.25) is 0 Å². The third kappa shape index (κ3) is 3.46. The van der Waals surface area contributed by atoms with Gasteiger partial charge in [0.05, 0.1) is 18.8 Å². The quantitative estimate of drug-likeness (QED) is 0.898. The van der Waals surface area contributed by atoms with Gasteiger partial charge in [-0.1, -0.05) is 30.3 Å². The maximum atomic E-state index is 10.8. The van der Waals surface area contributed by atoms with Crippen LogP contribution in [-0.4, -0.2) is 54.6 Å². The Balaban J connectivity index is 1.70. The average molecular weight is 291 g/mol. The Morgan fingerprint density at radius 3 is 2.52 bits per heavy atom. The lowest BCUT2D eigenvalue weighted by Crippen LogP contribution is -2.61. The van der Waals surface area contributed by atoms with Crippen molar-refractivity contribution >= 4 is 0 Å². The minimum Gasteiger partial charge on any atom is -0.390 e. The van der Waals surface area contributed by atoms with Crippen molar-refractivity contribution in [3.8, 4) is 0 Å². The summed E-state index contributed by atoms with van der Waals surface area (Å²) in [5, 5.41) is 10.8. The molecule has 0 amide bonds. The molecule has 4 nitrogen and oxygen atoms in total. The molecule has 4 heteroatoms. The van der Waals surface area contributed by atoms with Crippen LogP contribution in [0.4, 0.5) is 0 Å². The highest BCUT2D eigenvalue weighted by atomic mass is 16.5. The maximum Gasteiger partial charge on any atom is 0.0701 e. The number of morpholine rings is 1. The van der Waals surface area contributed by atoms with E-state index in [4.69, 9.17) is 9.47 Å². The first-order valence-electron chi connectivity index (χ1n) is 7.79. The number of rotatable bonds is 5. The Morgan fingerprint density at radius 2 is 1.90 bits per heavy atom. The van der Waals surface area contributed by atoms with Gasteiger partial charge in [0.1, 0.15) is 0 Å². The molecule has 0 aromatic heterocycles. The van der Waals surface area contributed by atoms with Crippen LogP contribution in [0.3, 0.4) is 0 Å². The number of fused-ring (bicyclic) bond motifs is 2. The standard InChI is InChI=1S/C17H25NO3/c1-20-8-7-17(19)9-15-12-21-13-16(10-17)18(15)11-14-5-3-2-4-6-14/h2-6,15-16,19H,7-13H2,1H3. The molecule has 3 rings (SSSR count). The van der Waals surface area contributed by atoms with E-state index in [2.05, 4.69) is 29.2 Å². The number of hydrogen-bond donors (Lipinski definition) is 1. The summed E-state index contributed by atoms with van der Waals surface area (Å²) in [6, 6.07) is 11.2. The van der Waals surface area contributed by atoms with E-state index in [1.165, 1.54) is 5.56 Å². The molecule has 0 saturated carbocycles. The molecule has 2 unspecified atom stereocenters. The third-order valence-electron chi connectivity index (χ3n) is 4.77. The van der Waals surface area contributed by atoms with Gasteiger partial charge in [0, 0.05) is 32.3 Å². The zero-order valence-electron chi connectivity index (χ0n) is 12.7. The van der Waals surface area contributed by atoms with Gasteiger partial charge in [-0.05, 0) is 24.8 Å². The number of methoxy groups -OCH3 is 1. The highest BCUT2D eigenvalue weighted by molar-refractivity contribution is 5.15. The van der Waals surface area contributed by atoms with E-state index in [1.54, 1.807) is 7.11 Å². The van der Waals surface area contributed by atoms with E-state index < -0.39 is 5.60 Å². The largest absolute Gasteiger partial charge is 0.390 e. The van der Waals surface area contributed by atoms with E-state index in [-0.39, 0.29) is 0 Å². The Morgan fingerprint density at radius 1 is 1.24 bits per heavy atom. The second-order valence-electron chi connectivity index (χ2n) is 6.38. The van der Waals surface area contributed by atoms with E-state index in [1.807, 2.05) is 6.07 Å². The summed E-state index contributed by atoms with van der Waals surface area (Å²) in [5.74, 6) is 0. The summed E-state index contributed by atoms with van der Waals surface area (Å²) < 4.78 is 10.9. The highest BCUT2D eigenvalue weighted by Gasteiger charge is 2.45. The van der Waals surface area contributed by atoms with Crippen LogP contribution < -0.4 is 0 Å². The van der Waals surface area contributed by atoms with Crippen molar-refractivity contribution in [3.05, 3.63) is 35.9 Å². The number of hydrogen-bond acceptors (Lipinski definition) is 4. The minimum absolute atomic E-state index is 0.305. The van der Waals surface area contributed by atoms with Crippen molar-refractivity contribution in [2.75, 3.05) is 26.9 Å². The van der Waals surface area contributed by atoms with Gasteiger partial charge in [-0.25, -0.2) is 0 Å². The second kappa shape index (κ2) is 6.44. The molecule has 2 heterocycles. The van der Waals surface area contributed by atoms with Crippen LogP contribution in [0.1, 0.15) is 24.8 Å². The Bertz CT molecular complexity index is 437. The summed E-state index contributed by atoms with van der Waals surface area (Å²) >= 11 is 0. The normalized spacial score (nSPS) is 33.0. The summed E-state index contributed by atoms with van der Waals surface area (Å²) in [4.78, 5) is 2.51. The smallest absolute Gasteiger partial charge is 0.0701 e. The van der Waals surface area contributed by atoms with E-state index in [0.29, 0.717) is 18.7 Å². The molecular weight excluding hydrogens is 266 g/mol. The van der Waals surface area contributed by atoms with Gasteiger partial charge in [-0.3, -0.25) is 4.90 Å². The fraction of sp³-hybridized carbons (Fsp3) is 0.647. The average Bonchev–Trinajstić information content (AvgIpc) is 2.48. The molecule has 0 radical (unpaired) electrons. The SMILES string of the molecule is COCCC1(O)CC2COCC(C1)N2Cc1ccccc1.